The van der Waals surface area contributed by atoms with Crippen LogP contribution in [-0.4, -0.2) is 47.0 Å². The molecule has 2 aromatic rings. The number of carbonyl (C=O) groups excluding carboxylic acids is 1. The highest BCUT2D eigenvalue weighted by Gasteiger charge is 2.23. The quantitative estimate of drug-likeness (QED) is 0.869. The molecule has 1 atom stereocenters. The van der Waals surface area contributed by atoms with E-state index in [1.807, 2.05) is 29.2 Å². The highest BCUT2D eigenvalue weighted by atomic mass is 16.2. The molecular weight excluding hydrogens is 288 g/mol. The summed E-state index contributed by atoms with van der Waals surface area (Å²) in [6.45, 7) is 5.16. The van der Waals surface area contributed by atoms with Crippen LogP contribution in [0.3, 0.4) is 0 Å². The van der Waals surface area contributed by atoms with Gasteiger partial charge in [0.15, 0.2) is 0 Å². The zero-order valence-electron chi connectivity index (χ0n) is 13.4. The largest absolute Gasteiger partial charge is 0.339 e. The molecule has 0 radical (unpaired) electrons. The summed E-state index contributed by atoms with van der Waals surface area (Å²) >= 11 is 0. The van der Waals surface area contributed by atoms with Crippen molar-refractivity contribution in [3.8, 4) is 0 Å². The lowest BCUT2D eigenvalue weighted by molar-refractivity contribution is -0.131. The molecule has 0 saturated carbocycles. The zero-order valence-corrected chi connectivity index (χ0v) is 13.4. The molecule has 1 aromatic carbocycles. The molecule has 0 N–H and O–H groups in total. The van der Waals surface area contributed by atoms with Crippen LogP contribution in [0.4, 0.5) is 5.95 Å². The van der Waals surface area contributed by atoms with Crippen LogP contribution in [0.2, 0.25) is 0 Å². The van der Waals surface area contributed by atoms with Crippen molar-refractivity contribution in [2.24, 2.45) is 0 Å². The van der Waals surface area contributed by atoms with Crippen LogP contribution in [0.5, 0.6) is 0 Å². The van der Waals surface area contributed by atoms with Crippen molar-refractivity contribution < 1.29 is 4.79 Å². The molecular formula is C18H22N4O. The van der Waals surface area contributed by atoms with Crippen molar-refractivity contribution in [2.45, 2.75) is 19.3 Å². The molecule has 1 fully saturated rings. The molecule has 0 bridgehead atoms. The number of carbonyl (C=O) groups is 1. The second-order valence-electron chi connectivity index (χ2n) is 5.93. The van der Waals surface area contributed by atoms with Crippen molar-refractivity contribution in [1.82, 2.24) is 14.9 Å². The Morgan fingerprint density at radius 1 is 1.04 bits per heavy atom. The van der Waals surface area contributed by atoms with Crippen molar-refractivity contribution in [3.63, 3.8) is 0 Å². The Morgan fingerprint density at radius 2 is 1.70 bits per heavy atom. The Morgan fingerprint density at radius 3 is 2.35 bits per heavy atom. The van der Waals surface area contributed by atoms with Gasteiger partial charge < -0.3 is 9.80 Å². The topological polar surface area (TPSA) is 49.3 Å². The molecule has 2 heterocycles. The maximum absolute atomic E-state index is 12.5. The first kappa shape index (κ1) is 15.5. The molecule has 3 rings (SSSR count). The minimum Gasteiger partial charge on any atom is -0.339 e. The molecule has 1 amide bonds. The van der Waals surface area contributed by atoms with Crippen LogP contribution in [0, 0.1) is 0 Å². The van der Waals surface area contributed by atoms with E-state index in [2.05, 4.69) is 33.9 Å². The van der Waals surface area contributed by atoms with Crippen LogP contribution in [0.15, 0.2) is 48.8 Å². The van der Waals surface area contributed by atoms with Gasteiger partial charge in [0, 0.05) is 45.0 Å². The first-order valence-electron chi connectivity index (χ1n) is 8.09. The number of benzene rings is 1. The third-order valence-electron chi connectivity index (χ3n) is 4.32. The second kappa shape index (κ2) is 7.22. The molecule has 5 heteroatoms. The maximum atomic E-state index is 12.5. The fourth-order valence-electron chi connectivity index (χ4n) is 2.90. The van der Waals surface area contributed by atoms with Crippen LogP contribution < -0.4 is 4.90 Å². The van der Waals surface area contributed by atoms with E-state index in [9.17, 15) is 4.79 Å². The third kappa shape index (κ3) is 3.86. The average Bonchev–Trinajstić information content (AvgIpc) is 2.63. The summed E-state index contributed by atoms with van der Waals surface area (Å²) in [7, 11) is 0. The first-order chi connectivity index (χ1) is 11.2. The zero-order chi connectivity index (χ0) is 16.1. The second-order valence-corrected chi connectivity index (χ2v) is 5.93. The molecule has 1 aliphatic heterocycles. The summed E-state index contributed by atoms with van der Waals surface area (Å²) in [5.74, 6) is 1.23. The van der Waals surface area contributed by atoms with E-state index in [4.69, 9.17) is 0 Å². The highest BCUT2D eigenvalue weighted by Crippen LogP contribution is 2.20. The van der Waals surface area contributed by atoms with Crippen molar-refractivity contribution in [3.05, 3.63) is 54.4 Å². The van der Waals surface area contributed by atoms with Crippen molar-refractivity contribution in [2.75, 3.05) is 31.1 Å². The van der Waals surface area contributed by atoms with E-state index in [1.165, 1.54) is 5.56 Å². The number of rotatable bonds is 4. The number of hydrogen-bond acceptors (Lipinski definition) is 4. The summed E-state index contributed by atoms with van der Waals surface area (Å²) in [6.07, 6.45) is 4.06. The number of amides is 1. The van der Waals surface area contributed by atoms with Crippen molar-refractivity contribution >= 4 is 11.9 Å². The van der Waals surface area contributed by atoms with Gasteiger partial charge in [0.25, 0.3) is 0 Å². The van der Waals surface area contributed by atoms with Crippen LogP contribution in [0.1, 0.15) is 24.8 Å². The van der Waals surface area contributed by atoms with Crippen LogP contribution >= 0.6 is 0 Å². The fraction of sp³-hybridized carbons (Fsp3) is 0.389. The number of aromatic nitrogens is 2. The molecule has 1 aliphatic rings. The smallest absolute Gasteiger partial charge is 0.225 e. The third-order valence-corrected chi connectivity index (χ3v) is 4.32. The Balaban J connectivity index is 1.52. The number of piperazine rings is 1. The van der Waals surface area contributed by atoms with Gasteiger partial charge in [-0.1, -0.05) is 37.3 Å². The lowest BCUT2D eigenvalue weighted by Gasteiger charge is -2.35. The van der Waals surface area contributed by atoms with E-state index in [0.29, 0.717) is 6.42 Å². The molecule has 5 nitrogen and oxygen atoms in total. The van der Waals surface area contributed by atoms with E-state index >= 15 is 0 Å². The summed E-state index contributed by atoms with van der Waals surface area (Å²) in [5, 5.41) is 0. The van der Waals surface area contributed by atoms with E-state index in [0.717, 1.165) is 32.1 Å². The summed E-state index contributed by atoms with van der Waals surface area (Å²) in [6, 6.07) is 12.0. The molecule has 1 aromatic heterocycles. The Bertz CT molecular complexity index is 624. The number of hydrogen-bond donors (Lipinski definition) is 0. The molecule has 23 heavy (non-hydrogen) atoms. The molecule has 0 unspecified atom stereocenters. The fourth-order valence-corrected chi connectivity index (χ4v) is 2.90. The van der Waals surface area contributed by atoms with E-state index < -0.39 is 0 Å². The Labute approximate surface area is 137 Å². The standard InChI is InChI=1S/C18H22N4O/c1-15(16-6-3-2-4-7-16)14-17(23)21-10-12-22(13-11-21)18-19-8-5-9-20-18/h2-9,15H,10-14H2,1H3/t15-/m1/s1. The van der Waals surface area contributed by atoms with Gasteiger partial charge >= 0.3 is 0 Å². The van der Waals surface area contributed by atoms with Gasteiger partial charge in [-0.05, 0) is 17.5 Å². The maximum Gasteiger partial charge on any atom is 0.225 e. The summed E-state index contributed by atoms with van der Waals surface area (Å²) in [5.41, 5.74) is 1.22. The normalized spacial score (nSPS) is 16.2. The monoisotopic (exact) mass is 310 g/mol. The predicted molar refractivity (Wildman–Crippen MR) is 90.3 cm³/mol. The molecule has 0 aliphatic carbocycles. The average molecular weight is 310 g/mol. The van der Waals surface area contributed by atoms with Gasteiger partial charge in [0.05, 0.1) is 0 Å². The van der Waals surface area contributed by atoms with Gasteiger partial charge in [0.1, 0.15) is 0 Å². The number of anilines is 1. The SMILES string of the molecule is C[C@H](CC(=O)N1CCN(c2ncccn2)CC1)c1ccccc1. The van der Waals surface area contributed by atoms with Gasteiger partial charge in [-0.25, -0.2) is 9.97 Å². The molecule has 1 saturated heterocycles. The van der Waals surface area contributed by atoms with Gasteiger partial charge in [0.2, 0.25) is 11.9 Å². The van der Waals surface area contributed by atoms with E-state index in [-0.39, 0.29) is 11.8 Å². The van der Waals surface area contributed by atoms with Crippen LogP contribution in [-0.2, 0) is 4.79 Å². The predicted octanol–water partition coefficient (Wildman–Crippen LogP) is 2.32. The van der Waals surface area contributed by atoms with Gasteiger partial charge in [-0.3, -0.25) is 4.79 Å². The minimum absolute atomic E-state index is 0.231. The van der Waals surface area contributed by atoms with Gasteiger partial charge in [-0.2, -0.15) is 0 Å². The lowest BCUT2D eigenvalue weighted by atomic mass is 9.97. The Hall–Kier alpha value is -2.43. The van der Waals surface area contributed by atoms with Crippen LogP contribution in [0.25, 0.3) is 0 Å². The highest BCUT2D eigenvalue weighted by molar-refractivity contribution is 5.77. The molecule has 0 spiro atoms. The summed E-state index contributed by atoms with van der Waals surface area (Å²) < 4.78 is 0. The van der Waals surface area contributed by atoms with E-state index in [1.54, 1.807) is 12.4 Å². The van der Waals surface area contributed by atoms with Gasteiger partial charge in [-0.15, -0.1) is 0 Å². The lowest BCUT2D eigenvalue weighted by Crippen LogP contribution is -2.49. The molecule has 120 valence electrons. The Kier molecular flexibility index (Phi) is 4.86. The summed E-state index contributed by atoms with van der Waals surface area (Å²) in [4.78, 5) is 25.1. The van der Waals surface area contributed by atoms with Crippen molar-refractivity contribution in [1.29, 1.82) is 0 Å². The first-order valence-corrected chi connectivity index (χ1v) is 8.09. The minimum atomic E-state index is 0.231. The number of nitrogens with zero attached hydrogens (tertiary/aromatic N) is 4.